The highest BCUT2D eigenvalue weighted by atomic mass is 16.5. The third kappa shape index (κ3) is 6.49. The maximum atomic E-state index is 12.4. The van der Waals surface area contributed by atoms with Gasteiger partial charge in [0.2, 0.25) is 0 Å². The van der Waals surface area contributed by atoms with E-state index < -0.39 is 0 Å². The number of para-hydroxylation sites is 1. The van der Waals surface area contributed by atoms with Crippen molar-refractivity contribution in [1.82, 2.24) is 4.98 Å². The normalized spacial score (nSPS) is 10.3. The molecule has 7 nitrogen and oxygen atoms in total. The quantitative estimate of drug-likeness (QED) is 0.341. The van der Waals surface area contributed by atoms with Gasteiger partial charge in [0, 0.05) is 24.1 Å². The molecule has 0 bridgehead atoms. The van der Waals surface area contributed by atoms with Crippen LogP contribution < -0.4 is 24.3 Å². The Hall–Kier alpha value is -4.52. The highest BCUT2D eigenvalue weighted by molar-refractivity contribution is 5.92. The monoisotopic (exact) mass is 456 g/mol. The zero-order valence-corrected chi connectivity index (χ0v) is 18.6. The molecule has 1 amide bonds. The maximum Gasteiger partial charge on any atom is 0.262 e. The smallest absolute Gasteiger partial charge is 0.262 e. The summed E-state index contributed by atoms with van der Waals surface area (Å²) in [6, 6.07) is 25.5. The van der Waals surface area contributed by atoms with Gasteiger partial charge < -0.3 is 24.3 Å². The number of hydrogen-bond acceptors (Lipinski definition) is 6. The topological polar surface area (TPSA) is 78.9 Å². The van der Waals surface area contributed by atoms with E-state index in [-0.39, 0.29) is 12.5 Å². The van der Waals surface area contributed by atoms with Crippen molar-refractivity contribution in [3.8, 4) is 28.7 Å². The van der Waals surface area contributed by atoms with E-state index in [1.54, 1.807) is 62.0 Å². The minimum Gasteiger partial charge on any atom is -0.493 e. The lowest BCUT2D eigenvalue weighted by molar-refractivity contribution is -0.118. The Morgan fingerprint density at radius 3 is 2.24 bits per heavy atom. The van der Waals surface area contributed by atoms with Crippen LogP contribution in [0.1, 0.15) is 5.56 Å². The summed E-state index contributed by atoms with van der Waals surface area (Å²) in [5, 5.41) is 2.81. The number of methoxy groups -OCH3 is 1. The lowest BCUT2D eigenvalue weighted by Gasteiger charge is -2.13. The summed E-state index contributed by atoms with van der Waals surface area (Å²) >= 11 is 0. The molecule has 1 aromatic heterocycles. The molecule has 0 aliphatic heterocycles. The predicted octanol–water partition coefficient (Wildman–Crippen LogP) is 5.48. The molecule has 34 heavy (non-hydrogen) atoms. The number of nitrogens with zero attached hydrogens (tertiary/aromatic N) is 1. The van der Waals surface area contributed by atoms with Crippen LogP contribution in [0.25, 0.3) is 0 Å². The summed E-state index contributed by atoms with van der Waals surface area (Å²) in [4.78, 5) is 16.4. The van der Waals surface area contributed by atoms with Crippen molar-refractivity contribution in [3.05, 3.63) is 103 Å². The van der Waals surface area contributed by atoms with Gasteiger partial charge >= 0.3 is 0 Å². The van der Waals surface area contributed by atoms with E-state index >= 15 is 0 Å². The zero-order chi connectivity index (χ0) is 23.6. The summed E-state index contributed by atoms with van der Waals surface area (Å²) in [5.41, 5.74) is 1.55. The number of amides is 1. The molecule has 0 saturated heterocycles. The van der Waals surface area contributed by atoms with Crippen LogP contribution in [-0.4, -0.2) is 24.6 Å². The van der Waals surface area contributed by atoms with Gasteiger partial charge in [-0.1, -0.05) is 18.2 Å². The standard InChI is InChI=1S/C27H24N2O5/c1-31-25-12-7-21(17-26(25)33-18-20-13-15-28-16-14-20)29-27(30)19-32-22-8-10-24(11-9-22)34-23-5-3-2-4-6-23/h2-17H,18-19H2,1H3,(H,29,30). The fourth-order valence-corrected chi connectivity index (χ4v) is 3.08. The molecular formula is C27H24N2O5. The van der Waals surface area contributed by atoms with Gasteiger partial charge in [0.15, 0.2) is 18.1 Å². The molecule has 1 heterocycles. The molecule has 0 saturated carbocycles. The van der Waals surface area contributed by atoms with Crippen molar-refractivity contribution in [2.45, 2.75) is 6.61 Å². The fraction of sp³-hybridized carbons (Fsp3) is 0.111. The lowest BCUT2D eigenvalue weighted by atomic mass is 10.2. The van der Waals surface area contributed by atoms with Gasteiger partial charge in [0.1, 0.15) is 23.9 Å². The lowest BCUT2D eigenvalue weighted by Crippen LogP contribution is -2.20. The second-order valence-electron chi connectivity index (χ2n) is 7.23. The Labute approximate surface area is 197 Å². The third-order valence-corrected chi connectivity index (χ3v) is 4.76. The largest absolute Gasteiger partial charge is 0.493 e. The van der Waals surface area contributed by atoms with E-state index in [0.717, 1.165) is 11.3 Å². The van der Waals surface area contributed by atoms with Crippen LogP contribution in [0.4, 0.5) is 5.69 Å². The molecule has 0 atom stereocenters. The number of nitrogens with one attached hydrogen (secondary N) is 1. The van der Waals surface area contributed by atoms with Crippen molar-refractivity contribution in [3.63, 3.8) is 0 Å². The van der Waals surface area contributed by atoms with E-state index in [9.17, 15) is 4.79 Å². The molecule has 0 fully saturated rings. The average molecular weight is 456 g/mol. The number of pyridine rings is 1. The molecule has 0 aliphatic carbocycles. The van der Waals surface area contributed by atoms with E-state index in [1.165, 1.54) is 0 Å². The highest BCUT2D eigenvalue weighted by Crippen LogP contribution is 2.31. The minimum atomic E-state index is -0.296. The molecule has 7 heteroatoms. The zero-order valence-electron chi connectivity index (χ0n) is 18.6. The summed E-state index contributed by atoms with van der Waals surface area (Å²) < 4.78 is 22.6. The molecule has 172 valence electrons. The van der Waals surface area contributed by atoms with Gasteiger partial charge in [-0.3, -0.25) is 9.78 Å². The van der Waals surface area contributed by atoms with Crippen molar-refractivity contribution in [1.29, 1.82) is 0 Å². The Morgan fingerprint density at radius 2 is 1.50 bits per heavy atom. The van der Waals surface area contributed by atoms with Crippen LogP contribution in [0.2, 0.25) is 0 Å². The van der Waals surface area contributed by atoms with Crippen LogP contribution in [0.3, 0.4) is 0 Å². The highest BCUT2D eigenvalue weighted by Gasteiger charge is 2.10. The van der Waals surface area contributed by atoms with Gasteiger partial charge in [-0.2, -0.15) is 0 Å². The van der Waals surface area contributed by atoms with Crippen molar-refractivity contribution in [2.24, 2.45) is 0 Å². The van der Waals surface area contributed by atoms with Crippen LogP contribution in [0, 0.1) is 0 Å². The number of rotatable bonds is 10. The molecule has 1 N–H and O–H groups in total. The van der Waals surface area contributed by atoms with E-state index in [1.807, 2.05) is 42.5 Å². The van der Waals surface area contributed by atoms with Gasteiger partial charge in [-0.25, -0.2) is 0 Å². The first kappa shape index (κ1) is 22.7. The van der Waals surface area contributed by atoms with E-state index in [2.05, 4.69) is 10.3 Å². The van der Waals surface area contributed by atoms with E-state index in [0.29, 0.717) is 35.3 Å². The summed E-state index contributed by atoms with van der Waals surface area (Å²) in [6.45, 7) is 0.210. The molecule has 4 rings (SSSR count). The number of aromatic nitrogens is 1. The summed E-state index contributed by atoms with van der Waals surface area (Å²) in [7, 11) is 1.57. The van der Waals surface area contributed by atoms with E-state index in [4.69, 9.17) is 18.9 Å². The summed E-state index contributed by atoms with van der Waals surface area (Å²) in [6.07, 6.45) is 3.41. The summed E-state index contributed by atoms with van der Waals surface area (Å²) in [5.74, 6) is 2.79. The van der Waals surface area contributed by atoms with Crippen LogP contribution >= 0.6 is 0 Å². The van der Waals surface area contributed by atoms with Crippen molar-refractivity contribution >= 4 is 11.6 Å². The van der Waals surface area contributed by atoms with Crippen LogP contribution in [0.5, 0.6) is 28.7 Å². The molecule has 0 unspecified atom stereocenters. The Balaban J connectivity index is 1.30. The van der Waals surface area contributed by atoms with Crippen molar-refractivity contribution in [2.75, 3.05) is 19.0 Å². The molecular weight excluding hydrogens is 432 g/mol. The van der Waals surface area contributed by atoms with Crippen LogP contribution in [0.15, 0.2) is 97.3 Å². The molecule has 0 radical (unpaired) electrons. The minimum absolute atomic E-state index is 0.141. The first-order valence-electron chi connectivity index (χ1n) is 10.6. The molecule has 3 aromatic carbocycles. The molecule has 4 aromatic rings. The number of benzene rings is 3. The van der Waals surface area contributed by atoms with Gasteiger partial charge in [-0.05, 0) is 66.2 Å². The second kappa shape index (κ2) is 11.4. The van der Waals surface area contributed by atoms with Gasteiger partial charge in [-0.15, -0.1) is 0 Å². The molecule has 0 aliphatic rings. The second-order valence-corrected chi connectivity index (χ2v) is 7.23. The van der Waals surface area contributed by atoms with Crippen molar-refractivity contribution < 1.29 is 23.7 Å². The number of hydrogen-bond donors (Lipinski definition) is 1. The number of anilines is 1. The predicted molar refractivity (Wildman–Crippen MR) is 129 cm³/mol. The van der Waals surface area contributed by atoms with Crippen LogP contribution in [-0.2, 0) is 11.4 Å². The maximum absolute atomic E-state index is 12.4. The van der Waals surface area contributed by atoms with Gasteiger partial charge in [0.25, 0.3) is 5.91 Å². The third-order valence-electron chi connectivity index (χ3n) is 4.76. The number of carbonyl (C=O) groups excluding carboxylic acids is 1. The SMILES string of the molecule is COc1ccc(NC(=O)COc2ccc(Oc3ccccc3)cc2)cc1OCc1ccncc1. The Bertz CT molecular complexity index is 1200. The first-order chi connectivity index (χ1) is 16.7. The number of ether oxygens (including phenoxy) is 4. The Kier molecular flexibility index (Phi) is 7.58. The molecule has 0 spiro atoms. The first-order valence-corrected chi connectivity index (χ1v) is 10.6. The average Bonchev–Trinajstić information content (AvgIpc) is 2.88. The Morgan fingerprint density at radius 1 is 0.794 bits per heavy atom. The van der Waals surface area contributed by atoms with Gasteiger partial charge in [0.05, 0.1) is 7.11 Å². The fourth-order valence-electron chi connectivity index (χ4n) is 3.08. The number of carbonyl (C=O) groups is 1.